The highest BCUT2D eigenvalue weighted by Gasteiger charge is 2.16. The van der Waals surface area contributed by atoms with Crippen LogP contribution >= 0.6 is 0 Å². The first-order valence-corrected chi connectivity index (χ1v) is 9.22. The average molecular weight is 401 g/mol. The van der Waals surface area contributed by atoms with Gasteiger partial charge in [-0.2, -0.15) is 5.26 Å². The summed E-state index contributed by atoms with van der Waals surface area (Å²) in [6, 6.07) is 18.9. The Labute approximate surface area is 173 Å². The molecule has 3 rings (SSSR count). The van der Waals surface area contributed by atoms with Gasteiger partial charge >= 0.3 is 0 Å². The Morgan fingerprint density at radius 2 is 1.93 bits per heavy atom. The third-order valence-electron chi connectivity index (χ3n) is 4.61. The van der Waals surface area contributed by atoms with Gasteiger partial charge in [-0.25, -0.2) is 0 Å². The van der Waals surface area contributed by atoms with E-state index < -0.39 is 10.8 Å². The van der Waals surface area contributed by atoms with E-state index in [9.17, 15) is 20.2 Å². The summed E-state index contributed by atoms with van der Waals surface area (Å²) in [5.41, 5.74) is 2.22. The second-order valence-corrected chi connectivity index (χ2v) is 6.73. The number of nitro benzene ring substituents is 1. The maximum absolute atomic E-state index is 12.5. The van der Waals surface area contributed by atoms with Crippen LogP contribution < -0.4 is 5.32 Å². The topological polar surface area (TPSA) is 109 Å². The number of non-ortho nitro benzene ring substituents is 1. The lowest BCUT2D eigenvalue weighted by molar-refractivity contribution is -0.384. The van der Waals surface area contributed by atoms with E-state index in [1.165, 1.54) is 18.2 Å². The second-order valence-electron chi connectivity index (χ2n) is 6.73. The van der Waals surface area contributed by atoms with E-state index >= 15 is 0 Å². The van der Waals surface area contributed by atoms with Crippen molar-refractivity contribution in [1.29, 1.82) is 5.26 Å². The van der Waals surface area contributed by atoms with E-state index in [2.05, 4.69) is 5.32 Å². The average Bonchev–Trinajstić information content (AvgIpc) is 3.20. The van der Waals surface area contributed by atoms with Crippen LogP contribution in [0.1, 0.15) is 29.9 Å². The predicted octanol–water partition coefficient (Wildman–Crippen LogP) is 4.95. The number of nitrogens with zero attached hydrogens (tertiary/aromatic N) is 2. The Morgan fingerprint density at radius 3 is 2.57 bits per heavy atom. The lowest BCUT2D eigenvalue weighted by atomic mass is 10.1. The highest BCUT2D eigenvalue weighted by molar-refractivity contribution is 6.01. The van der Waals surface area contributed by atoms with Crippen LogP contribution in [-0.4, -0.2) is 10.8 Å². The Bertz CT molecular complexity index is 1160. The number of nitrogens with one attached hydrogen (secondary N) is 1. The molecular formula is C23H19N3O4. The first-order valence-electron chi connectivity index (χ1n) is 9.22. The molecule has 1 N–H and O–H groups in total. The molecule has 150 valence electrons. The molecule has 0 unspecified atom stereocenters. The van der Waals surface area contributed by atoms with Crippen molar-refractivity contribution < 1.29 is 14.1 Å². The summed E-state index contributed by atoms with van der Waals surface area (Å²) in [7, 11) is 0. The van der Waals surface area contributed by atoms with E-state index in [4.69, 9.17) is 4.42 Å². The van der Waals surface area contributed by atoms with Crippen LogP contribution in [0.2, 0.25) is 0 Å². The first-order chi connectivity index (χ1) is 14.4. The third-order valence-corrected chi connectivity index (χ3v) is 4.61. The maximum Gasteiger partial charge on any atom is 0.269 e. The van der Waals surface area contributed by atoms with Crippen molar-refractivity contribution in [2.45, 2.75) is 19.9 Å². The van der Waals surface area contributed by atoms with E-state index in [1.807, 2.05) is 43.3 Å². The Hall–Kier alpha value is -4.18. The molecule has 0 bridgehead atoms. The molecule has 1 amide bonds. The van der Waals surface area contributed by atoms with Gasteiger partial charge in [0.2, 0.25) is 0 Å². The summed E-state index contributed by atoms with van der Waals surface area (Å²) in [4.78, 5) is 22.9. The molecular weight excluding hydrogens is 382 g/mol. The molecule has 1 atom stereocenters. The van der Waals surface area contributed by atoms with Crippen LogP contribution in [0.25, 0.3) is 17.4 Å². The molecule has 0 radical (unpaired) electrons. The van der Waals surface area contributed by atoms with Crippen LogP contribution in [-0.2, 0) is 4.79 Å². The van der Waals surface area contributed by atoms with Gasteiger partial charge in [0.05, 0.1) is 11.0 Å². The maximum atomic E-state index is 12.5. The molecule has 0 spiro atoms. The van der Waals surface area contributed by atoms with Crippen LogP contribution in [0.15, 0.2) is 70.7 Å². The number of hydrogen-bond acceptors (Lipinski definition) is 5. The fraction of sp³-hybridized carbons (Fsp3) is 0.130. The molecule has 0 aliphatic carbocycles. The zero-order valence-corrected chi connectivity index (χ0v) is 16.5. The molecule has 0 aliphatic heterocycles. The highest BCUT2D eigenvalue weighted by Crippen LogP contribution is 2.29. The zero-order chi connectivity index (χ0) is 21.7. The molecule has 0 aliphatic rings. The SMILES string of the molecule is Cc1cc([N+](=O)[O-])ccc1-c1ccc(/C=C(\C#N)C(=O)N[C@@H](C)c2ccccc2)o1. The van der Waals surface area contributed by atoms with Crippen molar-refractivity contribution in [3.8, 4) is 17.4 Å². The molecule has 0 fully saturated rings. The van der Waals surface area contributed by atoms with Crippen molar-refractivity contribution in [1.82, 2.24) is 5.32 Å². The molecule has 7 heteroatoms. The number of carbonyl (C=O) groups is 1. The Morgan fingerprint density at radius 1 is 1.20 bits per heavy atom. The molecule has 1 aromatic heterocycles. The highest BCUT2D eigenvalue weighted by atomic mass is 16.6. The molecule has 0 saturated heterocycles. The number of carbonyl (C=O) groups excluding carboxylic acids is 1. The summed E-state index contributed by atoms with van der Waals surface area (Å²) in [5, 5.41) is 23.1. The third kappa shape index (κ3) is 4.62. The second kappa shape index (κ2) is 8.88. The lowest BCUT2D eigenvalue weighted by Crippen LogP contribution is -2.27. The van der Waals surface area contributed by atoms with Gasteiger partial charge in [-0.3, -0.25) is 14.9 Å². The summed E-state index contributed by atoms with van der Waals surface area (Å²) < 4.78 is 5.75. The smallest absolute Gasteiger partial charge is 0.269 e. The summed E-state index contributed by atoms with van der Waals surface area (Å²) in [5.74, 6) is 0.323. The van der Waals surface area contributed by atoms with E-state index in [1.54, 1.807) is 25.1 Å². The largest absolute Gasteiger partial charge is 0.457 e. The van der Waals surface area contributed by atoms with Crippen LogP contribution in [0, 0.1) is 28.4 Å². The van der Waals surface area contributed by atoms with E-state index in [-0.39, 0.29) is 17.3 Å². The summed E-state index contributed by atoms with van der Waals surface area (Å²) in [6.07, 6.45) is 1.37. The van der Waals surface area contributed by atoms with E-state index in [0.29, 0.717) is 22.6 Å². The summed E-state index contributed by atoms with van der Waals surface area (Å²) >= 11 is 0. The van der Waals surface area contributed by atoms with Gasteiger partial charge in [0.25, 0.3) is 11.6 Å². The van der Waals surface area contributed by atoms with Crippen molar-refractivity contribution in [2.75, 3.05) is 0 Å². The predicted molar refractivity (Wildman–Crippen MR) is 112 cm³/mol. The molecule has 1 heterocycles. The number of aryl methyl sites for hydroxylation is 1. The van der Waals surface area contributed by atoms with Crippen molar-refractivity contribution in [3.05, 3.63) is 93.2 Å². The lowest BCUT2D eigenvalue weighted by Gasteiger charge is -2.13. The Balaban J connectivity index is 1.79. The molecule has 30 heavy (non-hydrogen) atoms. The van der Waals surface area contributed by atoms with Crippen molar-refractivity contribution >= 4 is 17.7 Å². The number of rotatable bonds is 6. The van der Waals surface area contributed by atoms with Crippen molar-refractivity contribution in [3.63, 3.8) is 0 Å². The molecule has 7 nitrogen and oxygen atoms in total. The number of hydrogen-bond donors (Lipinski definition) is 1. The van der Waals surface area contributed by atoms with Crippen LogP contribution in [0.5, 0.6) is 0 Å². The van der Waals surface area contributed by atoms with Gasteiger partial charge in [0.15, 0.2) is 0 Å². The fourth-order valence-electron chi connectivity index (χ4n) is 3.00. The van der Waals surface area contributed by atoms with Gasteiger partial charge in [-0.05, 0) is 43.2 Å². The number of amides is 1. The number of benzene rings is 2. The van der Waals surface area contributed by atoms with Crippen LogP contribution in [0.4, 0.5) is 5.69 Å². The van der Waals surface area contributed by atoms with Crippen LogP contribution in [0.3, 0.4) is 0 Å². The number of nitro groups is 1. The van der Waals surface area contributed by atoms with Gasteiger partial charge < -0.3 is 9.73 Å². The van der Waals surface area contributed by atoms with E-state index in [0.717, 1.165) is 5.56 Å². The zero-order valence-electron chi connectivity index (χ0n) is 16.5. The monoisotopic (exact) mass is 401 g/mol. The normalized spacial score (nSPS) is 12.1. The van der Waals surface area contributed by atoms with Gasteiger partial charge in [0, 0.05) is 23.8 Å². The minimum atomic E-state index is -0.502. The molecule has 3 aromatic rings. The summed E-state index contributed by atoms with van der Waals surface area (Å²) in [6.45, 7) is 3.59. The quantitative estimate of drug-likeness (QED) is 0.272. The first kappa shape index (κ1) is 20.6. The number of nitriles is 1. The van der Waals surface area contributed by atoms with Crippen molar-refractivity contribution in [2.24, 2.45) is 0 Å². The standard InChI is InChI=1S/C23H19N3O4/c1-15-12-19(26(28)29)8-10-21(15)22-11-9-20(30-22)13-18(14-24)23(27)25-16(2)17-6-4-3-5-7-17/h3-13,16H,1-2H3,(H,25,27)/b18-13+/t16-/m0/s1. The number of furan rings is 1. The van der Waals surface area contributed by atoms with Gasteiger partial charge in [-0.15, -0.1) is 0 Å². The molecule has 2 aromatic carbocycles. The molecule has 0 saturated carbocycles. The van der Waals surface area contributed by atoms with Gasteiger partial charge in [0.1, 0.15) is 23.2 Å². The fourth-order valence-corrected chi connectivity index (χ4v) is 3.00. The Kier molecular flexibility index (Phi) is 6.08. The minimum Gasteiger partial charge on any atom is -0.457 e. The minimum absolute atomic E-state index is 0.00102. The van der Waals surface area contributed by atoms with Gasteiger partial charge in [-0.1, -0.05) is 30.3 Å².